The minimum atomic E-state index is -0.224. The van der Waals surface area contributed by atoms with E-state index < -0.39 is 0 Å². The Morgan fingerprint density at radius 3 is 2.80 bits per heavy atom. The van der Waals surface area contributed by atoms with Crippen LogP contribution in [0, 0.1) is 5.92 Å². The second-order valence-corrected chi connectivity index (χ2v) is 3.74. The van der Waals surface area contributed by atoms with Crippen LogP contribution in [0.5, 0.6) is 0 Å². The Morgan fingerprint density at radius 2 is 2.20 bits per heavy atom. The highest BCUT2D eigenvalue weighted by Crippen LogP contribution is 2.21. The van der Waals surface area contributed by atoms with Crippen LogP contribution in [-0.4, -0.2) is 10.1 Å². The van der Waals surface area contributed by atoms with Gasteiger partial charge in [-0.1, -0.05) is 19.0 Å². The van der Waals surface area contributed by atoms with Crippen LogP contribution in [0.2, 0.25) is 0 Å². The van der Waals surface area contributed by atoms with Crippen molar-refractivity contribution >= 4 is 0 Å². The molecule has 0 saturated carbocycles. The monoisotopic (exact) mass is 207 g/mol. The van der Waals surface area contributed by atoms with E-state index in [0.29, 0.717) is 11.7 Å². The van der Waals surface area contributed by atoms with Crippen molar-refractivity contribution < 1.29 is 8.94 Å². The summed E-state index contributed by atoms with van der Waals surface area (Å²) < 4.78 is 10.0. The van der Waals surface area contributed by atoms with Gasteiger partial charge in [0.1, 0.15) is 6.26 Å². The Bertz CT molecular complexity index is 420. The van der Waals surface area contributed by atoms with E-state index in [1.807, 2.05) is 13.8 Å². The number of nitrogens with two attached hydrogens (primary N) is 1. The quantitative estimate of drug-likeness (QED) is 0.832. The van der Waals surface area contributed by atoms with Crippen molar-refractivity contribution in [1.29, 1.82) is 0 Å². The highest BCUT2D eigenvalue weighted by Gasteiger charge is 2.18. The second kappa shape index (κ2) is 3.86. The minimum Gasteiger partial charge on any atom is -0.472 e. The molecule has 0 aromatic carbocycles. The first-order valence-corrected chi connectivity index (χ1v) is 4.80. The van der Waals surface area contributed by atoms with Crippen molar-refractivity contribution in [3.05, 3.63) is 24.5 Å². The number of hydrogen-bond donors (Lipinski definition) is 1. The summed E-state index contributed by atoms with van der Waals surface area (Å²) in [6.45, 7) is 4.01. The largest absolute Gasteiger partial charge is 0.472 e. The summed E-state index contributed by atoms with van der Waals surface area (Å²) in [5.74, 6) is 1.23. The summed E-state index contributed by atoms with van der Waals surface area (Å²) in [5, 5.41) is 3.84. The molecule has 0 bridgehead atoms. The molecule has 0 fully saturated rings. The Kier molecular flexibility index (Phi) is 2.55. The maximum Gasteiger partial charge on any atom is 0.244 e. The van der Waals surface area contributed by atoms with Crippen molar-refractivity contribution in [3.63, 3.8) is 0 Å². The zero-order chi connectivity index (χ0) is 10.8. The first-order chi connectivity index (χ1) is 7.18. The Labute approximate surface area is 87.3 Å². The van der Waals surface area contributed by atoms with E-state index in [4.69, 9.17) is 14.7 Å². The smallest absolute Gasteiger partial charge is 0.244 e. The van der Waals surface area contributed by atoms with Crippen LogP contribution in [0.4, 0.5) is 0 Å². The first-order valence-electron chi connectivity index (χ1n) is 4.80. The van der Waals surface area contributed by atoms with E-state index in [-0.39, 0.29) is 12.0 Å². The van der Waals surface area contributed by atoms with Crippen LogP contribution < -0.4 is 5.73 Å². The average molecular weight is 207 g/mol. The van der Waals surface area contributed by atoms with E-state index >= 15 is 0 Å². The summed E-state index contributed by atoms with van der Waals surface area (Å²) in [7, 11) is 0. The predicted molar refractivity (Wildman–Crippen MR) is 53.8 cm³/mol. The molecule has 0 unspecified atom stereocenters. The molecular weight excluding hydrogens is 194 g/mol. The van der Waals surface area contributed by atoms with Gasteiger partial charge in [0.15, 0.2) is 0 Å². The zero-order valence-corrected chi connectivity index (χ0v) is 8.68. The first kappa shape index (κ1) is 9.92. The van der Waals surface area contributed by atoms with Crippen molar-refractivity contribution in [2.24, 2.45) is 11.7 Å². The third-order valence-electron chi connectivity index (χ3n) is 2.22. The van der Waals surface area contributed by atoms with E-state index in [2.05, 4.69) is 10.1 Å². The third kappa shape index (κ3) is 1.92. The van der Waals surface area contributed by atoms with Crippen molar-refractivity contribution in [2.45, 2.75) is 19.9 Å². The standard InChI is InChI=1S/C10H13N3O2/c1-6(2)8(11)10-12-9(13-15-10)7-3-4-14-5-7/h3-6,8H,11H2,1-2H3/t8-/m1/s1. The average Bonchev–Trinajstić information content (AvgIpc) is 2.86. The summed E-state index contributed by atoms with van der Waals surface area (Å²) in [6, 6.07) is 1.55. The molecule has 0 aliphatic rings. The predicted octanol–water partition coefficient (Wildman–Crippen LogP) is 1.99. The van der Waals surface area contributed by atoms with Gasteiger partial charge in [0.05, 0.1) is 17.9 Å². The molecule has 2 N–H and O–H groups in total. The highest BCUT2D eigenvalue weighted by atomic mass is 16.5. The second-order valence-electron chi connectivity index (χ2n) is 3.74. The molecule has 0 aliphatic heterocycles. The highest BCUT2D eigenvalue weighted by molar-refractivity contribution is 5.51. The fraction of sp³-hybridized carbons (Fsp3) is 0.400. The van der Waals surface area contributed by atoms with Gasteiger partial charge >= 0.3 is 0 Å². The molecule has 15 heavy (non-hydrogen) atoms. The van der Waals surface area contributed by atoms with Gasteiger partial charge in [-0.15, -0.1) is 0 Å². The normalized spacial score (nSPS) is 13.3. The van der Waals surface area contributed by atoms with Gasteiger partial charge in [-0.3, -0.25) is 0 Å². The maximum absolute atomic E-state index is 5.88. The van der Waals surface area contributed by atoms with Crippen LogP contribution in [0.15, 0.2) is 27.5 Å². The number of furan rings is 1. The van der Waals surface area contributed by atoms with Crippen LogP contribution in [-0.2, 0) is 0 Å². The number of hydrogen-bond acceptors (Lipinski definition) is 5. The molecule has 5 nitrogen and oxygen atoms in total. The van der Waals surface area contributed by atoms with Crippen LogP contribution >= 0.6 is 0 Å². The molecular formula is C10H13N3O2. The molecule has 1 atom stereocenters. The van der Waals surface area contributed by atoms with Gasteiger partial charge in [0, 0.05) is 0 Å². The van der Waals surface area contributed by atoms with Crippen molar-refractivity contribution in [3.8, 4) is 11.4 Å². The summed E-state index contributed by atoms with van der Waals surface area (Å²) in [4.78, 5) is 4.21. The molecule has 5 heteroatoms. The molecule has 80 valence electrons. The van der Waals surface area contributed by atoms with Gasteiger partial charge in [0.25, 0.3) is 0 Å². The topological polar surface area (TPSA) is 78.1 Å². The molecule has 2 heterocycles. The Balaban J connectivity index is 2.25. The Hall–Kier alpha value is -1.62. The van der Waals surface area contributed by atoms with Gasteiger partial charge in [-0.25, -0.2) is 0 Å². The molecule has 2 rings (SSSR count). The summed E-state index contributed by atoms with van der Waals surface area (Å²) >= 11 is 0. The summed E-state index contributed by atoms with van der Waals surface area (Å²) in [6.07, 6.45) is 3.13. The third-order valence-corrected chi connectivity index (χ3v) is 2.22. The SMILES string of the molecule is CC(C)[C@@H](N)c1nc(-c2ccoc2)no1. The van der Waals surface area contributed by atoms with E-state index in [1.54, 1.807) is 18.6 Å². The molecule has 0 aliphatic carbocycles. The fourth-order valence-electron chi connectivity index (χ4n) is 1.16. The number of rotatable bonds is 3. The zero-order valence-electron chi connectivity index (χ0n) is 8.68. The van der Waals surface area contributed by atoms with Crippen molar-refractivity contribution in [1.82, 2.24) is 10.1 Å². The Morgan fingerprint density at radius 1 is 1.40 bits per heavy atom. The molecule has 0 spiro atoms. The lowest BCUT2D eigenvalue weighted by molar-refractivity contribution is 0.325. The van der Waals surface area contributed by atoms with E-state index in [1.165, 1.54) is 0 Å². The molecule has 0 amide bonds. The van der Waals surface area contributed by atoms with Gasteiger partial charge in [-0.05, 0) is 12.0 Å². The lowest BCUT2D eigenvalue weighted by Crippen LogP contribution is -2.16. The van der Waals surface area contributed by atoms with Crippen LogP contribution in [0.3, 0.4) is 0 Å². The molecule has 0 saturated heterocycles. The van der Waals surface area contributed by atoms with Crippen LogP contribution in [0.25, 0.3) is 11.4 Å². The van der Waals surface area contributed by atoms with E-state index in [0.717, 1.165) is 5.56 Å². The van der Waals surface area contributed by atoms with Gasteiger partial charge < -0.3 is 14.7 Å². The molecule has 2 aromatic heterocycles. The van der Waals surface area contributed by atoms with E-state index in [9.17, 15) is 0 Å². The van der Waals surface area contributed by atoms with Crippen molar-refractivity contribution in [2.75, 3.05) is 0 Å². The maximum atomic E-state index is 5.88. The minimum absolute atomic E-state index is 0.224. The lowest BCUT2D eigenvalue weighted by Gasteiger charge is -2.08. The van der Waals surface area contributed by atoms with Gasteiger partial charge in [-0.2, -0.15) is 4.98 Å². The number of aromatic nitrogens is 2. The molecule has 2 aromatic rings. The molecule has 0 radical (unpaired) electrons. The fourth-order valence-corrected chi connectivity index (χ4v) is 1.16. The number of nitrogens with zero attached hydrogens (tertiary/aromatic N) is 2. The van der Waals surface area contributed by atoms with Crippen LogP contribution in [0.1, 0.15) is 25.8 Å². The van der Waals surface area contributed by atoms with Gasteiger partial charge in [0.2, 0.25) is 11.7 Å². The lowest BCUT2D eigenvalue weighted by atomic mass is 10.1. The summed E-state index contributed by atoms with van der Waals surface area (Å²) in [5.41, 5.74) is 6.68.